The lowest BCUT2D eigenvalue weighted by Crippen LogP contribution is -2.52. The number of ether oxygens (including phenoxy) is 1. The van der Waals surface area contributed by atoms with Gasteiger partial charge in [0.2, 0.25) is 0 Å². The Hall–Kier alpha value is -2.94. The molecule has 0 bridgehead atoms. The molecule has 2 aromatic rings. The summed E-state index contributed by atoms with van der Waals surface area (Å²) in [7, 11) is 0. The summed E-state index contributed by atoms with van der Waals surface area (Å²) in [4.78, 5) is 9.17. The van der Waals surface area contributed by atoms with Crippen LogP contribution < -0.4 is 16.0 Å². The van der Waals surface area contributed by atoms with Gasteiger partial charge in [-0.05, 0) is 69.7 Å². The van der Waals surface area contributed by atoms with Crippen LogP contribution in [0.5, 0.6) is 0 Å². The maximum atomic E-state index is 12.9. The van der Waals surface area contributed by atoms with E-state index < -0.39 is 23.7 Å². The average molecular weight is 533 g/mol. The van der Waals surface area contributed by atoms with Crippen LogP contribution in [-0.2, 0) is 4.74 Å². The molecule has 4 rings (SSSR count). The SMILES string of the molecule is C[C@@](O)(CNC1CCC(Nc2cc(-c3cccc(NCC4(C#N)CCOCC4)n3)ccn2)CC1)C(F)(F)F. The van der Waals surface area contributed by atoms with Crippen LogP contribution in [-0.4, -0.2) is 65.2 Å². The maximum Gasteiger partial charge on any atom is 0.418 e. The molecule has 2 fully saturated rings. The van der Waals surface area contributed by atoms with Crippen molar-refractivity contribution in [3.8, 4) is 17.3 Å². The van der Waals surface area contributed by atoms with Crippen LogP contribution in [0.15, 0.2) is 36.5 Å². The zero-order valence-electron chi connectivity index (χ0n) is 21.5. The number of nitrogens with one attached hydrogen (secondary N) is 3. The lowest BCUT2D eigenvalue weighted by atomic mass is 9.82. The Bertz CT molecular complexity index is 1110. The Labute approximate surface area is 221 Å². The number of aromatic nitrogens is 2. The number of nitrogens with zero attached hydrogens (tertiary/aromatic N) is 3. The molecule has 8 nitrogen and oxygen atoms in total. The molecule has 2 aromatic heterocycles. The Morgan fingerprint density at radius 2 is 1.82 bits per heavy atom. The molecule has 1 aliphatic carbocycles. The first-order chi connectivity index (χ1) is 18.1. The fourth-order valence-corrected chi connectivity index (χ4v) is 4.81. The smallest absolute Gasteiger partial charge is 0.381 e. The van der Waals surface area contributed by atoms with Gasteiger partial charge < -0.3 is 25.8 Å². The molecule has 2 aliphatic rings. The molecule has 0 amide bonds. The number of rotatable bonds is 9. The topological polar surface area (TPSA) is 115 Å². The molecule has 3 heterocycles. The first-order valence-electron chi connectivity index (χ1n) is 13.0. The molecule has 1 saturated carbocycles. The molecule has 0 aromatic carbocycles. The third-order valence-corrected chi connectivity index (χ3v) is 7.52. The predicted octanol–water partition coefficient (Wildman–Crippen LogP) is 4.50. The summed E-state index contributed by atoms with van der Waals surface area (Å²) < 4.78 is 44.1. The van der Waals surface area contributed by atoms with Gasteiger partial charge in [-0.2, -0.15) is 18.4 Å². The molecule has 206 valence electrons. The highest BCUT2D eigenvalue weighted by molar-refractivity contribution is 5.64. The monoisotopic (exact) mass is 532 g/mol. The van der Waals surface area contributed by atoms with E-state index in [1.54, 1.807) is 6.20 Å². The maximum absolute atomic E-state index is 12.9. The molecule has 1 saturated heterocycles. The molecular weight excluding hydrogens is 497 g/mol. The van der Waals surface area contributed by atoms with Gasteiger partial charge in [0.1, 0.15) is 11.6 Å². The molecule has 1 atom stereocenters. The van der Waals surface area contributed by atoms with Gasteiger partial charge in [0.05, 0.1) is 17.2 Å². The third-order valence-electron chi connectivity index (χ3n) is 7.52. The van der Waals surface area contributed by atoms with Crippen LogP contribution in [0, 0.1) is 16.7 Å². The minimum Gasteiger partial charge on any atom is -0.381 e. The van der Waals surface area contributed by atoms with E-state index in [0.717, 1.165) is 31.0 Å². The number of aliphatic hydroxyl groups is 1. The number of anilines is 2. The second kappa shape index (κ2) is 11.8. The fraction of sp³-hybridized carbons (Fsp3) is 0.593. The van der Waals surface area contributed by atoms with Gasteiger partial charge in [0.25, 0.3) is 0 Å². The summed E-state index contributed by atoms with van der Waals surface area (Å²) in [6, 6.07) is 12.1. The van der Waals surface area contributed by atoms with E-state index in [4.69, 9.17) is 9.72 Å². The standard InChI is InChI=1S/C27H35F3N6O2/c1-25(37,27(28,29)30)17-33-20-5-7-21(8-6-20)35-24-15-19(9-12-32-24)22-3-2-4-23(36-22)34-18-26(16-31)10-13-38-14-11-26/h2-4,9,12,15,20-21,33,37H,5-8,10-11,13-14,17-18H2,1H3,(H,32,35)(H,34,36)/t20?,21?,25-/m1/s1. The van der Waals surface area contributed by atoms with Crippen LogP contribution >= 0.6 is 0 Å². The average Bonchev–Trinajstić information content (AvgIpc) is 2.92. The van der Waals surface area contributed by atoms with Crippen molar-refractivity contribution in [2.75, 3.05) is 36.9 Å². The van der Waals surface area contributed by atoms with Gasteiger partial charge in [-0.15, -0.1) is 0 Å². The number of hydrogen-bond donors (Lipinski definition) is 4. The first-order valence-corrected chi connectivity index (χ1v) is 13.0. The highest BCUT2D eigenvalue weighted by Gasteiger charge is 2.49. The normalized spacial score (nSPS) is 23.2. The van der Waals surface area contributed by atoms with Crippen molar-refractivity contribution in [3.05, 3.63) is 36.5 Å². The number of alkyl halides is 3. The molecule has 0 radical (unpaired) electrons. The highest BCUT2D eigenvalue weighted by atomic mass is 19.4. The summed E-state index contributed by atoms with van der Waals surface area (Å²) >= 11 is 0. The van der Waals surface area contributed by atoms with Crippen LogP contribution in [0.2, 0.25) is 0 Å². The zero-order chi connectivity index (χ0) is 27.2. The van der Waals surface area contributed by atoms with E-state index in [9.17, 15) is 23.5 Å². The second-order valence-corrected chi connectivity index (χ2v) is 10.5. The van der Waals surface area contributed by atoms with Crippen LogP contribution in [0.3, 0.4) is 0 Å². The van der Waals surface area contributed by atoms with Crippen molar-refractivity contribution >= 4 is 11.6 Å². The lowest BCUT2D eigenvalue weighted by molar-refractivity contribution is -0.250. The molecular formula is C27H35F3N6O2. The number of halogens is 3. The highest BCUT2D eigenvalue weighted by Crippen LogP contribution is 2.31. The Balaban J connectivity index is 1.31. The number of nitriles is 1. The second-order valence-electron chi connectivity index (χ2n) is 10.5. The summed E-state index contributed by atoms with van der Waals surface area (Å²) in [6.07, 6.45) is 1.42. The largest absolute Gasteiger partial charge is 0.418 e. The zero-order valence-corrected chi connectivity index (χ0v) is 21.5. The fourth-order valence-electron chi connectivity index (χ4n) is 4.81. The van der Waals surface area contributed by atoms with Crippen molar-refractivity contribution in [1.29, 1.82) is 5.26 Å². The van der Waals surface area contributed by atoms with Crippen LogP contribution in [0.1, 0.15) is 45.4 Å². The number of pyridine rings is 2. The van der Waals surface area contributed by atoms with Gasteiger partial charge >= 0.3 is 6.18 Å². The van der Waals surface area contributed by atoms with Gasteiger partial charge in [0, 0.05) is 50.1 Å². The van der Waals surface area contributed by atoms with Gasteiger partial charge in [0.15, 0.2) is 5.60 Å². The summed E-state index contributed by atoms with van der Waals surface area (Å²) in [5.41, 5.74) is -1.51. The number of hydrogen-bond acceptors (Lipinski definition) is 8. The Morgan fingerprint density at radius 1 is 1.11 bits per heavy atom. The van der Waals surface area contributed by atoms with Crippen molar-refractivity contribution in [2.24, 2.45) is 5.41 Å². The van der Waals surface area contributed by atoms with E-state index in [1.165, 1.54) is 0 Å². The van der Waals surface area contributed by atoms with Crippen molar-refractivity contribution in [3.63, 3.8) is 0 Å². The minimum absolute atomic E-state index is 0.0677. The van der Waals surface area contributed by atoms with Crippen molar-refractivity contribution < 1.29 is 23.0 Å². The summed E-state index contributed by atoms with van der Waals surface area (Å²) in [6.45, 7) is 1.97. The van der Waals surface area contributed by atoms with E-state index >= 15 is 0 Å². The van der Waals surface area contributed by atoms with Gasteiger partial charge in [-0.3, -0.25) is 0 Å². The van der Waals surface area contributed by atoms with E-state index in [-0.39, 0.29) is 12.1 Å². The molecule has 0 spiro atoms. The van der Waals surface area contributed by atoms with Gasteiger partial charge in [-0.1, -0.05) is 6.07 Å². The Kier molecular flexibility index (Phi) is 8.75. The van der Waals surface area contributed by atoms with E-state index in [0.29, 0.717) is 57.1 Å². The van der Waals surface area contributed by atoms with Crippen molar-refractivity contribution in [2.45, 2.75) is 69.3 Å². The van der Waals surface area contributed by atoms with Gasteiger partial charge in [-0.25, -0.2) is 9.97 Å². The summed E-state index contributed by atoms with van der Waals surface area (Å²) in [5, 5.41) is 29.0. The lowest BCUT2D eigenvalue weighted by Gasteiger charge is -2.33. The molecule has 1 aliphatic heterocycles. The quantitative estimate of drug-likeness (QED) is 0.373. The molecule has 38 heavy (non-hydrogen) atoms. The first kappa shape index (κ1) is 28.1. The third kappa shape index (κ3) is 7.12. The predicted molar refractivity (Wildman–Crippen MR) is 138 cm³/mol. The van der Waals surface area contributed by atoms with Crippen LogP contribution in [0.4, 0.5) is 24.8 Å². The van der Waals surface area contributed by atoms with E-state index in [2.05, 4.69) is 27.0 Å². The van der Waals surface area contributed by atoms with E-state index in [1.807, 2.05) is 30.3 Å². The molecule has 11 heteroatoms. The van der Waals surface area contributed by atoms with Crippen LogP contribution in [0.25, 0.3) is 11.3 Å². The Morgan fingerprint density at radius 3 is 2.50 bits per heavy atom. The molecule has 0 unspecified atom stereocenters. The minimum atomic E-state index is -4.66. The van der Waals surface area contributed by atoms with Crippen molar-refractivity contribution in [1.82, 2.24) is 15.3 Å². The summed E-state index contributed by atoms with van der Waals surface area (Å²) in [5.74, 6) is 1.41. The molecule has 4 N–H and O–H groups in total.